The van der Waals surface area contributed by atoms with Gasteiger partial charge in [-0.25, -0.2) is 4.67 Å². The van der Waals surface area contributed by atoms with Crippen molar-refractivity contribution in [3.05, 3.63) is 0 Å². The number of fused-ring (bicyclic) bond motifs is 7. The zero-order chi connectivity index (χ0) is 20.5. The molecule has 8 unspecified atom stereocenters. The van der Waals surface area contributed by atoms with Gasteiger partial charge in [-0.15, -0.1) is 0 Å². The molecular weight excluding hydrogens is 389 g/mol. The lowest BCUT2D eigenvalue weighted by atomic mass is 9.53. The Morgan fingerprint density at radius 1 is 0.633 bits per heavy atom. The third-order valence-electron chi connectivity index (χ3n) is 9.52. The Bertz CT molecular complexity index is 513. The van der Waals surface area contributed by atoms with Crippen LogP contribution in [-0.2, 0) is 9.05 Å². The summed E-state index contributed by atoms with van der Waals surface area (Å²) < 4.78 is 16.7. The predicted molar refractivity (Wildman–Crippen MR) is 125 cm³/mol. The van der Waals surface area contributed by atoms with Crippen LogP contribution < -0.4 is 0 Å². The second kappa shape index (κ2) is 10.1. The minimum absolute atomic E-state index is 0.474. The Labute approximate surface area is 187 Å². The summed E-state index contributed by atoms with van der Waals surface area (Å²) >= 11 is 0. The summed E-state index contributed by atoms with van der Waals surface area (Å²) in [7, 11) is -0.877. The van der Waals surface area contributed by atoms with E-state index in [2.05, 4.69) is 18.5 Å². The average Bonchev–Trinajstić information content (AvgIpc) is 2.96. The van der Waals surface area contributed by atoms with E-state index in [1.165, 1.54) is 89.9 Å². The summed E-state index contributed by atoms with van der Waals surface area (Å²) in [6.45, 7) is 6.88. The van der Waals surface area contributed by atoms with Crippen LogP contribution in [0.1, 0.15) is 104 Å². The van der Waals surface area contributed by atoms with Crippen molar-refractivity contribution in [3.8, 4) is 0 Å². The van der Waals surface area contributed by atoms with Crippen LogP contribution in [0, 0.1) is 35.5 Å². The van der Waals surface area contributed by atoms with Crippen LogP contribution in [0.15, 0.2) is 0 Å². The Hall–Kier alpha value is 0.310. The van der Waals surface area contributed by atoms with Gasteiger partial charge in [-0.2, -0.15) is 0 Å². The molecule has 5 fully saturated rings. The molecule has 0 N–H and O–H groups in total. The Morgan fingerprint density at radius 3 is 1.57 bits per heavy atom. The molecule has 1 aliphatic heterocycles. The quantitative estimate of drug-likeness (QED) is 0.416. The van der Waals surface area contributed by atoms with Crippen LogP contribution in [0.2, 0.25) is 0 Å². The molecule has 0 spiro atoms. The standard InChI is InChI=1S/C26H46NO2P/c1-3-17-27(18-4-2)30-28-23-15-13-19-9-5-7-11-21(19)25(23)26-22-12-8-6-10-20(22)14-16-24(26)29-30/h19-26H,3-18H2,1-2H3. The SMILES string of the molecule is CCCN(CCC)P1OC2CCC3CCCCC3C2C2C(CCC3CCCCC32)O1. The molecule has 5 rings (SSSR count). The van der Waals surface area contributed by atoms with Crippen LogP contribution in [0.4, 0.5) is 0 Å². The van der Waals surface area contributed by atoms with Gasteiger partial charge in [0, 0.05) is 13.1 Å². The van der Waals surface area contributed by atoms with Gasteiger partial charge in [-0.05, 0) is 86.9 Å². The molecule has 30 heavy (non-hydrogen) atoms. The van der Waals surface area contributed by atoms with Crippen molar-refractivity contribution in [2.45, 2.75) is 116 Å². The van der Waals surface area contributed by atoms with Gasteiger partial charge in [0.05, 0.1) is 12.2 Å². The second-order valence-electron chi connectivity index (χ2n) is 11.2. The monoisotopic (exact) mass is 435 g/mol. The number of nitrogens with zero attached hydrogens (tertiary/aromatic N) is 1. The summed E-state index contributed by atoms with van der Waals surface area (Å²) in [6, 6.07) is 0. The minimum Gasteiger partial charge on any atom is -0.318 e. The van der Waals surface area contributed by atoms with Crippen LogP contribution in [0.3, 0.4) is 0 Å². The number of hydrogen-bond acceptors (Lipinski definition) is 3. The van der Waals surface area contributed by atoms with Crippen LogP contribution >= 0.6 is 8.53 Å². The lowest BCUT2D eigenvalue weighted by Crippen LogP contribution is -2.51. The molecule has 0 bridgehead atoms. The topological polar surface area (TPSA) is 21.7 Å². The molecule has 8 atom stereocenters. The molecule has 0 aromatic heterocycles. The van der Waals surface area contributed by atoms with Gasteiger partial charge >= 0.3 is 0 Å². The van der Waals surface area contributed by atoms with Crippen molar-refractivity contribution in [3.63, 3.8) is 0 Å². The number of hydrogen-bond donors (Lipinski definition) is 0. The molecule has 4 saturated carbocycles. The summed E-state index contributed by atoms with van der Waals surface area (Å²) in [5.41, 5.74) is 0. The average molecular weight is 436 g/mol. The highest BCUT2D eigenvalue weighted by Gasteiger charge is 2.55. The van der Waals surface area contributed by atoms with E-state index in [9.17, 15) is 0 Å². The molecule has 1 saturated heterocycles. The van der Waals surface area contributed by atoms with Crippen molar-refractivity contribution in [2.24, 2.45) is 35.5 Å². The van der Waals surface area contributed by atoms with E-state index in [4.69, 9.17) is 9.05 Å². The Balaban J connectivity index is 1.47. The van der Waals surface area contributed by atoms with E-state index in [0.717, 1.165) is 48.6 Å². The fraction of sp³-hybridized carbons (Fsp3) is 1.00. The molecule has 5 aliphatic rings. The van der Waals surface area contributed by atoms with Gasteiger partial charge in [-0.3, -0.25) is 0 Å². The molecule has 172 valence electrons. The third kappa shape index (κ3) is 4.27. The number of rotatable bonds is 5. The van der Waals surface area contributed by atoms with Gasteiger partial charge in [0.1, 0.15) is 0 Å². The van der Waals surface area contributed by atoms with E-state index >= 15 is 0 Å². The first-order valence-corrected chi connectivity index (χ1v) is 14.8. The zero-order valence-electron chi connectivity index (χ0n) is 19.6. The summed E-state index contributed by atoms with van der Waals surface area (Å²) in [5, 5.41) is 0. The van der Waals surface area contributed by atoms with E-state index in [-0.39, 0.29) is 0 Å². The first-order valence-electron chi connectivity index (χ1n) is 13.7. The predicted octanol–water partition coefficient (Wildman–Crippen LogP) is 7.55. The second-order valence-corrected chi connectivity index (χ2v) is 12.7. The Morgan fingerprint density at radius 2 is 1.10 bits per heavy atom. The lowest BCUT2D eigenvalue weighted by molar-refractivity contribution is -0.0856. The highest BCUT2D eigenvalue weighted by atomic mass is 31.2. The fourth-order valence-electron chi connectivity index (χ4n) is 8.39. The first-order chi connectivity index (χ1) is 14.8. The molecule has 3 nitrogen and oxygen atoms in total. The first kappa shape index (κ1) is 22.1. The van der Waals surface area contributed by atoms with Crippen molar-refractivity contribution in [1.82, 2.24) is 4.67 Å². The van der Waals surface area contributed by atoms with Gasteiger partial charge in [0.2, 0.25) is 0 Å². The van der Waals surface area contributed by atoms with E-state index in [0.29, 0.717) is 12.2 Å². The van der Waals surface area contributed by atoms with Crippen molar-refractivity contribution in [2.75, 3.05) is 13.1 Å². The van der Waals surface area contributed by atoms with Crippen LogP contribution in [-0.4, -0.2) is 30.0 Å². The van der Waals surface area contributed by atoms with Crippen molar-refractivity contribution >= 4 is 8.53 Å². The molecule has 0 aromatic rings. The molecular formula is C26H46NO2P. The van der Waals surface area contributed by atoms with Crippen molar-refractivity contribution < 1.29 is 9.05 Å². The summed E-state index contributed by atoms with van der Waals surface area (Å²) in [6.07, 6.45) is 20.6. The molecule has 0 radical (unpaired) electrons. The maximum atomic E-state index is 7.07. The maximum Gasteiger partial charge on any atom is 0.259 e. The minimum atomic E-state index is -0.877. The smallest absolute Gasteiger partial charge is 0.259 e. The summed E-state index contributed by atoms with van der Waals surface area (Å²) in [5.74, 6) is 5.40. The van der Waals surface area contributed by atoms with Gasteiger partial charge in [-0.1, -0.05) is 52.4 Å². The third-order valence-corrected chi connectivity index (χ3v) is 11.3. The maximum absolute atomic E-state index is 7.07. The molecule has 4 heteroatoms. The Kier molecular flexibility index (Phi) is 7.42. The zero-order valence-corrected chi connectivity index (χ0v) is 20.5. The van der Waals surface area contributed by atoms with Gasteiger partial charge in [0.25, 0.3) is 8.53 Å². The van der Waals surface area contributed by atoms with Gasteiger partial charge in [0.15, 0.2) is 0 Å². The normalized spacial score (nSPS) is 46.3. The van der Waals surface area contributed by atoms with Crippen molar-refractivity contribution in [1.29, 1.82) is 0 Å². The molecule has 0 aromatic carbocycles. The lowest BCUT2D eigenvalue weighted by Gasteiger charge is -2.53. The fourth-order valence-corrected chi connectivity index (χ4v) is 10.4. The molecule has 0 amide bonds. The summed E-state index contributed by atoms with van der Waals surface area (Å²) in [4.78, 5) is 0. The van der Waals surface area contributed by atoms with Crippen LogP contribution in [0.5, 0.6) is 0 Å². The highest BCUT2D eigenvalue weighted by Crippen LogP contribution is 2.62. The van der Waals surface area contributed by atoms with E-state index < -0.39 is 8.53 Å². The molecule has 1 heterocycles. The molecule has 4 aliphatic carbocycles. The highest BCUT2D eigenvalue weighted by molar-refractivity contribution is 7.44. The van der Waals surface area contributed by atoms with E-state index in [1.54, 1.807) is 0 Å². The van der Waals surface area contributed by atoms with Crippen LogP contribution in [0.25, 0.3) is 0 Å². The largest absolute Gasteiger partial charge is 0.318 e. The van der Waals surface area contributed by atoms with Gasteiger partial charge < -0.3 is 9.05 Å². The van der Waals surface area contributed by atoms with E-state index in [1.807, 2.05) is 0 Å².